The number of methoxy groups -OCH3 is 1. The molecule has 0 aliphatic rings. The van der Waals surface area contributed by atoms with Crippen LogP contribution in [0.15, 0.2) is 22.1 Å². The van der Waals surface area contributed by atoms with Gasteiger partial charge in [0.2, 0.25) is 23.6 Å². The Hall–Kier alpha value is -1.95. The molecule has 8 nitrogen and oxygen atoms in total. The molecule has 0 aliphatic heterocycles. The van der Waals surface area contributed by atoms with E-state index in [9.17, 15) is 9.59 Å². The molecule has 0 saturated heterocycles. The smallest absolute Gasteiger partial charge is 0.231 e. The van der Waals surface area contributed by atoms with Crippen molar-refractivity contribution in [2.24, 2.45) is 0 Å². The molecule has 10 heteroatoms. The van der Waals surface area contributed by atoms with Crippen LogP contribution in [-0.4, -0.2) is 33.9 Å². The average Bonchev–Trinajstić information content (AvgIpc) is 2.56. The fourth-order valence-electron chi connectivity index (χ4n) is 2.15. The van der Waals surface area contributed by atoms with Gasteiger partial charge in [0.1, 0.15) is 0 Å². The van der Waals surface area contributed by atoms with Crippen LogP contribution in [0.2, 0.25) is 0 Å². The van der Waals surface area contributed by atoms with Gasteiger partial charge in [-0.2, -0.15) is 4.98 Å². The second kappa shape index (κ2) is 9.31. The Balaban J connectivity index is 2.48. The first-order valence-corrected chi connectivity index (χ1v) is 9.95. The second-order valence-corrected chi connectivity index (χ2v) is 8.13. The van der Waals surface area contributed by atoms with E-state index in [2.05, 4.69) is 48.2 Å². The molecule has 0 aliphatic carbocycles. The zero-order valence-corrected chi connectivity index (χ0v) is 18.6. The molecular formula is C17H20IN5O3S. The quantitative estimate of drug-likeness (QED) is 0.582. The van der Waals surface area contributed by atoms with Gasteiger partial charge < -0.3 is 10.1 Å². The summed E-state index contributed by atoms with van der Waals surface area (Å²) in [6, 6.07) is 1.98. The molecule has 2 aromatic rings. The van der Waals surface area contributed by atoms with E-state index in [0.29, 0.717) is 16.6 Å². The number of hydrogen-bond donors (Lipinski definition) is 2. The number of halogens is 1. The zero-order valence-electron chi connectivity index (χ0n) is 15.6. The van der Waals surface area contributed by atoms with Crippen molar-refractivity contribution >= 4 is 57.9 Å². The highest BCUT2D eigenvalue weighted by Crippen LogP contribution is 2.38. The van der Waals surface area contributed by atoms with Crippen LogP contribution in [0.25, 0.3) is 0 Å². The Morgan fingerprint density at radius 2 is 1.81 bits per heavy atom. The Kier molecular flexibility index (Phi) is 7.36. The van der Waals surface area contributed by atoms with Crippen LogP contribution in [-0.2, 0) is 9.59 Å². The van der Waals surface area contributed by atoms with Crippen molar-refractivity contribution in [2.45, 2.75) is 43.4 Å². The van der Waals surface area contributed by atoms with Gasteiger partial charge in [0.15, 0.2) is 5.82 Å². The summed E-state index contributed by atoms with van der Waals surface area (Å²) in [7, 11) is 1.59. The maximum absolute atomic E-state index is 11.6. The van der Waals surface area contributed by atoms with E-state index < -0.39 is 0 Å². The number of nitrogens with zero attached hydrogens (tertiary/aromatic N) is 3. The third-order valence-corrected chi connectivity index (χ3v) is 5.07. The van der Waals surface area contributed by atoms with E-state index in [0.717, 1.165) is 14.2 Å². The van der Waals surface area contributed by atoms with Crippen LogP contribution in [0.1, 0.15) is 39.3 Å². The molecule has 27 heavy (non-hydrogen) atoms. The normalized spacial score (nSPS) is 10.6. The molecule has 2 amide bonds. The zero-order chi connectivity index (χ0) is 20.1. The van der Waals surface area contributed by atoms with Crippen LogP contribution in [0.4, 0.5) is 11.8 Å². The number of hydrogen-bond acceptors (Lipinski definition) is 7. The molecule has 2 N–H and O–H groups in total. The molecule has 0 spiro atoms. The minimum atomic E-state index is -0.291. The maximum Gasteiger partial charge on any atom is 0.231 e. The lowest BCUT2D eigenvalue weighted by molar-refractivity contribution is -0.115. The van der Waals surface area contributed by atoms with Gasteiger partial charge in [-0.15, -0.1) is 0 Å². The third kappa shape index (κ3) is 5.76. The van der Waals surface area contributed by atoms with Gasteiger partial charge in [-0.1, -0.05) is 25.6 Å². The highest BCUT2D eigenvalue weighted by atomic mass is 127. The lowest BCUT2D eigenvalue weighted by Crippen LogP contribution is -2.13. The summed E-state index contributed by atoms with van der Waals surface area (Å²) in [4.78, 5) is 37.3. The van der Waals surface area contributed by atoms with Crippen LogP contribution >= 0.6 is 34.4 Å². The van der Waals surface area contributed by atoms with Crippen LogP contribution in [0.5, 0.6) is 5.88 Å². The van der Waals surface area contributed by atoms with Gasteiger partial charge in [-0.05, 0) is 34.6 Å². The summed E-state index contributed by atoms with van der Waals surface area (Å²) in [5.41, 5.74) is 0.872. The fourth-order valence-corrected chi connectivity index (χ4v) is 4.11. The van der Waals surface area contributed by atoms with Crippen LogP contribution in [0.3, 0.4) is 0 Å². The minimum Gasteiger partial charge on any atom is -0.480 e. The van der Waals surface area contributed by atoms with Gasteiger partial charge >= 0.3 is 0 Å². The number of nitrogens with one attached hydrogen (secondary N) is 2. The predicted octanol–water partition coefficient (Wildman–Crippen LogP) is 3.68. The second-order valence-electron chi connectivity index (χ2n) is 5.89. The standard InChI is InChI=1S/C17H20IN5O3S/c1-8(2)14-12(6-11(18)16(22-14)26-5)27-13-7-19-17(21-10(4)25)23-15(13)20-9(3)24/h6-8H,1-5H3,(H2,19,20,21,23,24,25). The van der Waals surface area contributed by atoms with E-state index in [-0.39, 0.29) is 23.7 Å². The van der Waals surface area contributed by atoms with Gasteiger partial charge in [0.25, 0.3) is 0 Å². The molecule has 144 valence electrons. The lowest BCUT2D eigenvalue weighted by Gasteiger charge is -2.15. The number of aromatic nitrogens is 3. The van der Waals surface area contributed by atoms with E-state index in [1.165, 1.54) is 25.6 Å². The predicted molar refractivity (Wildman–Crippen MR) is 112 cm³/mol. The van der Waals surface area contributed by atoms with E-state index >= 15 is 0 Å². The largest absolute Gasteiger partial charge is 0.480 e. The monoisotopic (exact) mass is 501 g/mol. The summed E-state index contributed by atoms with van der Waals surface area (Å²) in [6.45, 7) is 6.85. The Morgan fingerprint density at radius 1 is 1.15 bits per heavy atom. The molecule has 2 aromatic heterocycles. The minimum absolute atomic E-state index is 0.127. The third-order valence-electron chi connectivity index (χ3n) is 3.23. The fraction of sp³-hybridized carbons (Fsp3) is 0.353. The Bertz CT molecular complexity index is 876. The summed E-state index contributed by atoms with van der Waals surface area (Å²) in [5, 5.41) is 5.20. The SMILES string of the molecule is COc1nc(C(C)C)c(Sc2cnc(NC(C)=O)nc2NC(C)=O)cc1I. The highest BCUT2D eigenvalue weighted by molar-refractivity contribution is 14.1. The highest BCUT2D eigenvalue weighted by Gasteiger charge is 2.18. The van der Waals surface area contributed by atoms with Crippen LogP contribution < -0.4 is 15.4 Å². The van der Waals surface area contributed by atoms with Gasteiger partial charge in [0.05, 0.1) is 21.3 Å². The molecule has 0 atom stereocenters. The van der Waals surface area contributed by atoms with Gasteiger partial charge in [0, 0.05) is 24.9 Å². The van der Waals surface area contributed by atoms with Crippen molar-refractivity contribution in [3.05, 3.63) is 21.5 Å². The number of anilines is 2. The number of carbonyl (C=O) groups is 2. The maximum atomic E-state index is 11.6. The van der Waals surface area contributed by atoms with Crippen molar-refractivity contribution in [3.8, 4) is 5.88 Å². The first-order chi connectivity index (χ1) is 12.7. The summed E-state index contributed by atoms with van der Waals surface area (Å²) in [5.74, 6) is 0.634. The Labute approximate surface area is 175 Å². The number of amides is 2. The number of rotatable bonds is 6. The number of ether oxygens (including phenoxy) is 1. The van der Waals surface area contributed by atoms with Crippen molar-refractivity contribution in [3.63, 3.8) is 0 Å². The molecule has 0 saturated carbocycles. The van der Waals surface area contributed by atoms with Crippen molar-refractivity contribution in [1.82, 2.24) is 15.0 Å². The summed E-state index contributed by atoms with van der Waals surface area (Å²) in [6.07, 6.45) is 1.56. The summed E-state index contributed by atoms with van der Waals surface area (Å²) < 4.78 is 6.19. The van der Waals surface area contributed by atoms with E-state index in [4.69, 9.17) is 4.74 Å². The number of carbonyl (C=O) groups excluding carboxylic acids is 2. The first-order valence-electron chi connectivity index (χ1n) is 8.05. The summed E-state index contributed by atoms with van der Waals surface area (Å²) >= 11 is 3.56. The topological polar surface area (TPSA) is 106 Å². The average molecular weight is 501 g/mol. The molecule has 0 fully saturated rings. The first kappa shape index (κ1) is 21.4. The van der Waals surface area contributed by atoms with E-state index in [1.807, 2.05) is 19.9 Å². The molecule has 0 radical (unpaired) electrons. The van der Waals surface area contributed by atoms with Gasteiger partial charge in [-0.25, -0.2) is 9.97 Å². The molecule has 0 aromatic carbocycles. The molecule has 0 unspecified atom stereocenters. The molecular weight excluding hydrogens is 481 g/mol. The van der Waals surface area contributed by atoms with Gasteiger partial charge in [-0.3, -0.25) is 14.9 Å². The van der Waals surface area contributed by atoms with Crippen molar-refractivity contribution in [2.75, 3.05) is 17.7 Å². The van der Waals surface area contributed by atoms with Crippen molar-refractivity contribution < 1.29 is 14.3 Å². The Morgan fingerprint density at radius 3 is 2.37 bits per heavy atom. The molecule has 2 heterocycles. The molecule has 2 rings (SSSR count). The van der Waals surface area contributed by atoms with E-state index in [1.54, 1.807) is 13.3 Å². The molecule has 0 bridgehead atoms. The van der Waals surface area contributed by atoms with Crippen LogP contribution in [0, 0.1) is 3.57 Å². The number of pyridine rings is 1. The lowest BCUT2D eigenvalue weighted by atomic mass is 10.1. The van der Waals surface area contributed by atoms with Crippen molar-refractivity contribution in [1.29, 1.82) is 0 Å².